The van der Waals surface area contributed by atoms with Crippen LogP contribution in [0.4, 0.5) is 0 Å². The van der Waals surface area contributed by atoms with Crippen LogP contribution in [0.15, 0.2) is 48.5 Å². The van der Waals surface area contributed by atoms with Crippen LogP contribution in [0.1, 0.15) is 28.8 Å². The highest BCUT2D eigenvalue weighted by atomic mass is 35.5. The molecule has 2 amide bonds. The summed E-state index contributed by atoms with van der Waals surface area (Å²) in [5.74, 6) is 0.118. The summed E-state index contributed by atoms with van der Waals surface area (Å²) in [6.45, 7) is 2.46. The van der Waals surface area contributed by atoms with E-state index in [0.29, 0.717) is 54.6 Å². The molecule has 0 atom stereocenters. The fraction of sp³-hybridized carbons (Fsp3) is 0.333. The Morgan fingerprint density at radius 3 is 2.00 bits per heavy atom. The number of hydrogen-bond acceptors (Lipinski definition) is 2. The molecule has 27 heavy (non-hydrogen) atoms. The molecule has 1 saturated heterocycles. The van der Waals surface area contributed by atoms with E-state index >= 15 is 0 Å². The number of amides is 2. The molecule has 0 radical (unpaired) electrons. The summed E-state index contributed by atoms with van der Waals surface area (Å²) in [6.07, 6.45) is 1.94. The van der Waals surface area contributed by atoms with Gasteiger partial charge in [-0.3, -0.25) is 9.59 Å². The van der Waals surface area contributed by atoms with Crippen molar-refractivity contribution in [1.29, 1.82) is 0 Å². The van der Waals surface area contributed by atoms with Gasteiger partial charge in [-0.2, -0.15) is 0 Å². The first-order chi connectivity index (χ1) is 13.0. The second-order valence-electron chi connectivity index (χ2n) is 6.66. The predicted octanol–water partition coefficient (Wildman–Crippen LogP) is 4.30. The first kappa shape index (κ1) is 19.7. The number of benzene rings is 2. The quantitative estimate of drug-likeness (QED) is 0.761. The lowest BCUT2D eigenvalue weighted by molar-refractivity contribution is -0.131. The Hall–Kier alpha value is -2.04. The lowest BCUT2D eigenvalue weighted by Gasteiger charge is -2.22. The zero-order chi connectivity index (χ0) is 19.2. The van der Waals surface area contributed by atoms with Crippen molar-refractivity contribution in [2.24, 2.45) is 0 Å². The molecule has 0 unspecified atom stereocenters. The summed E-state index contributed by atoms with van der Waals surface area (Å²) >= 11 is 11.8. The van der Waals surface area contributed by atoms with Gasteiger partial charge in [0.2, 0.25) is 5.91 Å². The van der Waals surface area contributed by atoms with Crippen LogP contribution < -0.4 is 0 Å². The predicted molar refractivity (Wildman–Crippen MR) is 108 cm³/mol. The number of halogens is 2. The third kappa shape index (κ3) is 5.47. The van der Waals surface area contributed by atoms with E-state index in [1.807, 2.05) is 34.1 Å². The van der Waals surface area contributed by atoms with Gasteiger partial charge in [0, 0.05) is 48.2 Å². The molecule has 1 heterocycles. The Labute approximate surface area is 169 Å². The van der Waals surface area contributed by atoms with Crippen LogP contribution >= 0.6 is 23.2 Å². The van der Waals surface area contributed by atoms with Gasteiger partial charge in [0.05, 0.1) is 0 Å². The summed E-state index contributed by atoms with van der Waals surface area (Å²) in [4.78, 5) is 28.9. The van der Waals surface area contributed by atoms with E-state index in [-0.39, 0.29) is 11.8 Å². The lowest BCUT2D eigenvalue weighted by atomic mass is 10.1. The summed E-state index contributed by atoms with van der Waals surface area (Å²) < 4.78 is 0. The van der Waals surface area contributed by atoms with Crippen LogP contribution in [0.3, 0.4) is 0 Å². The highest BCUT2D eigenvalue weighted by Gasteiger charge is 2.22. The normalized spacial score (nSPS) is 14.7. The van der Waals surface area contributed by atoms with Crippen LogP contribution in [-0.4, -0.2) is 47.8 Å². The van der Waals surface area contributed by atoms with Gasteiger partial charge in [-0.05, 0) is 54.8 Å². The van der Waals surface area contributed by atoms with Crippen molar-refractivity contribution in [3.8, 4) is 0 Å². The van der Waals surface area contributed by atoms with Crippen LogP contribution in [0.25, 0.3) is 0 Å². The number of rotatable bonds is 4. The maximum atomic E-state index is 12.6. The number of aryl methyl sites for hydroxylation is 1. The summed E-state index contributed by atoms with van der Waals surface area (Å²) in [6, 6.07) is 14.5. The van der Waals surface area contributed by atoms with Gasteiger partial charge in [-0.15, -0.1) is 0 Å². The molecule has 4 nitrogen and oxygen atoms in total. The molecule has 1 fully saturated rings. The molecule has 6 heteroatoms. The lowest BCUT2D eigenvalue weighted by Crippen LogP contribution is -2.37. The van der Waals surface area contributed by atoms with E-state index in [0.717, 1.165) is 12.0 Å². The third-order valence-electron chi connectivity index (χ3n) is 4.77. The van der Waals surface area contributed by atoms with Gasteiger partial charge in [0.25, 0.3) is 5.91 Å². The van der Waals surface area contributed by atoms with E-state index in [9.17, 15) is 9.59 Å². The fourth-order valence-corrected chi connectivity index (χ4v) is 3.46. The molecule has 1 aliphatic heterocycles. The molecule has 2 aromatic rings. The zero-order valence-corrected chi connectivity index (χ0v) is 16.5. The van der Waals surface area contributed by atoms with Crippen molar-refractivity contribution in [3.05, 3.63) is 69.7 Å². The second kappa shape index (κ2) is 9.25. The van der Waals surface area contributed by atoms with Crippen molar-refractivity contribution in [1.82, 2.24) is 9.80 Å². The first-order valence-electron chi connectivity index (χ1n) is 9.10. The smallest absolute Gasteiger partial charge is 0.253 e. The Balaban J connectivity index is 1.52. The molecule has 1 aliphatic rings. The Bertz CT molecular complexity index is 791. The molecule has 2 aromatic carbocycles. The maximum Gasteiger partial charge on any atom is 0.253 e. The standard InChI is InChI=1S/C21H22Cl2N2O2/c22-18-7-2-16(3-8-18)4-11-20(26)24-12-1-13-25(15-14-24)21(27)17-5-9-19(23)10-6-17/h2-3,5-10H,1,4,11-15H2. The van der Waals surface area contributed by atoms with E-state index in [1.54, 1.807) is 24.3 Å². The Kier molecular flexibility index (Phi) is 6.75. The molecule has 0 aliphatic carbocycles. The summed E-state index contributed by atoms with van der Waals surface area (Å²) in [7, 11) is 0. The Morgan fingerprint density at radius 1 is 0.778 bits per heavy atom. The van der Waals surface area contributed by atoms with Crippen LogP contribution in [-0.2, 0) is 11.2 Å². The van der Waals surface area contributed by atoms with Gasteiger partial charge in [-0.25, -0.2) is 0 Å². The van der Waals surface area contributed by atoms with Gasteiger partial charge in [-0.1, -0.05) is 35.3 Å². The average Bonchev–Trinajstić information content (AvgIpc) is 2.94. The number of carbonyl (C=O) groups excluding carboxylic acids is 2. The monoisotopic (exact) mass is 404 g/mol. The zero-order valence-electron chi connectivity index (χ0n) is 15.0. The molecule has 0 aromatic heterocycles. The van der Waals surface area contributed by atoms with Crippen LogP contribution in [0, 0.1) is 0 Å². The van der Waals surface area contributed by atoms with Crippen molar-refractivity contribution in [3.63, 3.8) is 0 Å². The van der Waals surface area contributed by atoms with Crippen molar-refractivity contribution >= 4 is 35.0 Å². The SMILES string of the molecule is O=C(CCc1ccc(Cl)cc1)N1CCCN(C(=O)c2ccc(Cl)cc2)CC1. The minimum Gasteiger partial charge on any atom is -0.341 e. The maximum absolute atomic E-state index is 12.6. The molecule has 0 spiro atoms. The van der Waals surface area contributed by atoms with E-state index in [1.165, 1.54) is 0 Å². The van der Waals surface area contributed by atoms with Gasteiger partial charge in [0.15, 0.2) is 0 Å². The largest absolute Gasteiger partial charge is 0.341 e. The molecule has 0 N–H and O–H groups in total. The third-order valence-corrected chi connectivity index (χ3v) is 5.27. The molecule has 0 bridgehead atoms. The topological polar surface area (TPSA) is 40.6 Å². The van der Waals surface area contributed by atoms with Crippen molar-refractivity contribution in [2.75, 3.05) is 26.2 Å². The molecular weight excluding hydrogens is 383 g/mol. The van der Waals surface area contributed by atoms with E-state index in [4.69, 9.17) is 23.2 Å². The second-order valence-corrected chi connectivity index (χ2v) is 7.53. The minimum absolute atomic E-state index is 0.0119. The number of nitrogens with zero attached hydrogens (tertiary/aromatic N) is 2. The number of hydrogen-bond donors (Lipinski definition) is 0. The van der Waals surface area contributed by atoms with Crippen molar-refractivity contribution in [2.45, 2.75) is 19.3 Å². The van der Waals surface area contributed by atoms with Gasteiger partial charge in [0.1, 0.15) is 0 Å². The minimum atomic E-state index is -0.0119. The fourth-order valence-electron chi connectivity index (χ4n) is 3.21. The van der Waals surface area contributed by atoms with Crippen molar-refractivity contribution < 1.29 is 9.59 Å². The van der Waals surface area contributed by atoms with Gasteiger partial charge >= 0.3 is 0 Å². The highest BCUT2D eigenvalue weighted by molar-refractivity contribution is 6.30. The first-order valence-corrected chi connectivity index (χ1v) is 9.85. The van der Waals surface area contributed by atoms with Crippen LogP contribution in [0.5, 0.6) is 0 Å². The molecule has 142 valence electrons. The molecule has 3 rings (SSSR count). The summed E-state index contributed by atoms with van der Waals surface area (Å²) in [5, 5.41) is 1.31. The van der Waals surface area contributed by atoms with E-state index < -0.39 is 0 Å². The van der Waals surface area contributed by atoms with Crippen LogP contribution in [0.2, 0.25) is 10.0 Å². The summed E-state index contributed by atoms with van der Waals surface area (Å²) in [5.41, 5.74) is 1.73. The average molecular weight is 405 g/mol. The Morgan fingerprint density at radius 2 is 1.33 bits per heavy atom. The highest BCUT2D eigenvalue weighted by Crippen LogP contribution is 2.15. The van der Waals surface area contributed by atoms with Gasteiger partial charge < -0.3 is 9.80 Å². The van der Waals surface area contributed by atoms with E-state index in [2.05, 4.69) is 0 Å². The molecule has 0 saturated carbocycles. The number of carbonyl (C=O) groups is 2. The molecular formula is C21H22Cl2N2O2.